The van der Waals surface area contributed by atoms with Crippen LogP contribution >= 0.6 is 0 Å². The number of aldehydes is 1. The van der Waals surface area contributed by atoms with E-state index < -0.39 is 24.6 Å². The first-order valence-electron chi connectivity index (χ1n) is 4.22. The molecular weight excluding hydrogens is 176 g/mol. The zero-order valence-electron chi connectivity index (χ0n) is 7.42. The molecule has 0 aromatic heterocycles. The first-order chi connectivity index (χ1) is 6.15. The van der Waals surface area contributed by atoms with E-state index in [2.05, 4.69) is 0 Å². The summed E-state index contributed by atoms with van der Waals surface area (Å²) in [6.45, 7) is 1.59. The molecule has 0 bridgehead atoms. The van der Waals surface area contributed by atoms with Crippen molar-refractivity contribution in [2.75, 3.05) is 6.61 Å². The fourth-order valence-corrected chi connectivity index (χ4v) is 1.28. The lowest BCUT2D eigenvalue weighted by Crippen LogP contribution is -2.47. The Morgan fingerprint density at radius 2 is 2.31 bits per heavy atom. The minimum atomic E-state index is -0.879. The maximum Gasteiger partial charge on any atom is 0.161 e. The lowest BCUT2D eigenvalue weighted by atomic mass is 10.0. The Hall–Kier alpha value is -0.490. The summed E-state index contributed by atoms with van der Waals surface area (Å²) in [6.07, 6.45) is -1.99. The van der Waals surface area contributed by atoms with Crippen LogP contribution in [-0.2, 0) is 14.3 Å². The quantitative estimate of drug-likeness (QED) is 0.562. The standard InChI is InChI=1S/C8H14O5/c1-5-8(11)6(10)4-7(13-5)12-3-2-9/h2,5-8,10-11H,3-4H2,1H3. The highest BCUT2D eigenvalue weighted by Gasteiger charge is 2.34. The van der Waals surface area contributed by atoms with Crippen LogP contribution in [0.4, 0.5) is 0 Å². The topological polar surface area (TPSA) is 76.0 Å². The third-order valence-electron chi connectivity index (χ3n) is 2.03. The van der Waals surface area contributed by atoms with Gasteiger partial charge in [0.15, 0.2) is 6.29 Å². The van der Waals surface area contributed by atoms with Crippen molar-refractivity contribution in [1.82, 2.24) is 0 Å². The van der Waals surface area contributed by atoms with Crippen LogP contribution < -0.4 is 0 Å². The van der Waals surface area contributed by atoms with Gasteiger partial charge in [-0.1, -0.05) is 0 Å². The average molecular weight is 190 g/mol. The van der Waals surface area contributed by atoms with E-state index in [0.717, 1.165) is 0 Å². The van der Waals surface area contributed by atoms with Crippen molar-refractivity contribution in [1.29, 1.82) is 0 Å². The predicted molar refractivity (Wildman–Crippen MR) is 43.0 cm³/mol. The van der Waals surface area contributed by atoms with Crippen LogP contribution in [0.15, 0.2) is 0 Å². The number of aliphatic hydroxyl groups is 2. The number of aliphatic hydroxyl groups excluding tert-OH is 2. The van der Waals surface area contributed by atoms with Crippen molar-refractivity contribution in [3.63, 3.8) is 0 Å². The van der Waals surface area contributed by atoms with Crippen molar-refractivity contribution in [3.05, 3.63) is 0 Å². The van der Waals surface area contributed by atoms with Crippen LogP contribution in [0.5, 0.6) is 0 Å². The van der Waals surface area contributed by atoms with Crippen LogP contribution in [0.25, 0.3) is 0 Å². The van der Waals surface area contributed by atoms with Crippen molar-refractivity contribution in [2.24, 2.45) is 0 Å². The summed E-state index contributed by atoms with van der Waals surface area (Å²) in [6, 6.07) is 0. The van der Waals surface area contributed by atoms with Gasteiger partial charge in [0, 0.05) is 6.42 Å². The summed E-state index contributed by atoms with van der Waals surface area (Å²) in [7, 11) is 0. The zero-order valence-corrected chi connectivity index (χ0v) is 7.42. The zero-order chi connectivity index (χ0) is 9.84. The summed E-state index contributed by atoms with van der Waals surface area (Å²) in [5.41, 5.74) is 0. The lowest BCUT2D eigenvalue weighted by molar-refractivity contribution is -0.243. The molecule has 0 radical (unpaired) electrons. The Morgan fingerprint density at radius 3 is 2.85 bits per heavy atom. The summed E-state index contributed by atoms with van der Waals surface area (Å²) in [5.74, 6) is 0. The number of rotatable bonds is 3. The number of hydrogen-bond acceptors (Lipinski definition) is 5. The third-order valence-corrected chi connectivity index (χ3v) is 2.03. The Labute approximate surface area is 76.3 Å². The van der Waals surface area contributed by atoms with E-state index in [0.29, 0.717) is 6.29 Å². The molecule has 1 aliphatic rings. The molecule has 13 heavy (non-hydrogen) atoms. The predicted octanol–water partition coefficient (Wildman–Crippen LogP) is -0.941. The second-order valence-electron chi connectivity index (χ2n) is 3.06. The maximum atomic E-state index is 9.98. The van der Waals surface area contributed by atoms with Gasteiger partial charge in [-0.25, -0.2) is 0 Å². The number of carbonyl (C=O) groups is 1. The van der Waals surface area contributed by atoms with E-state index in [-0.39, 0.29) is 13.0 Å². The number of hydrogen-bond donors (Lipinski definition) is 2. The molecule has 4 unspecified atom stereocenters. The van der Waals surface area contributed by atoms with Gasteiger partial charge in [0.1, 0.15) is 19.0 Å². The number of carbonyl (C=O) groups excluding carboxylic acids is 1. The Morgan fingerprint density at radius 1 is 1.62 bits per heavy atom. The minimum Gasteiger partial charge on any atom is -0.390 e. The lowest BCUT2D eigenvalue weighted by Gasteiger charge is -2.34. The Balaban J connectivity index is 2.39. The second kappa shape index (κ2) is 4.66. The van der Waals surface area contributed by atoms with Crippen LogP contribution in [0, 0.1) is 0 Å². The van der Waals surface area contributed by atoms with Crippen LogP contribution in [0.2, 0.25) is 0 Å². The fourth-order valence-electron chi connectivity index (χ4n) is 1.28. The van der Waals surface area contributed by atoms with E-state index in [1.807, 2.05) is 0 Å². The molecule has 76 valence electrons. The minimum absolute atomic E-state index is 0.0554. The number of ether oxygens (including phenoxy) is 2. The summed E-state index contributed by atoms with van der Waals surface area (Å²) >= 11 is 0. The van der Waals surface area contributed by atoms with Gasteiger partial charge >= 0.3 is 0 Å². The normalized spacial score (nSPS) is 40.2. The van der Waals surface area contributed by atoms with Gasteiger partial charge in [0.2, 0.25) is 0 Å². The first kappa shape index (κ1) is 10.6. The molecule has 0 saturated carbocycles. The molecular formula is C8H14O5. The van der Waals surface area contributed by atoms with E-state index in [9.17, 15) is 15.0 Å². The van der Waals surface area contributed by atoms with Crippen molar-refractivity contribution in [3.8, 4) is 0 Å². The van der Waals surface area contributed by atoms with Gasteiger partial charge in [-0.3, -0.25) is 0 Å². The molecule has 1 saturated heterocycles. The highest BCUT2D eigenvalue weighted by molar-refractivity contribution is 5.50. The molecule has 0 aromatic carbocycles. The van der Waals surface area contributed by atoms with E-state index in [4.69, 9.17) is 9.47 Å². The third kappa shape index (κ3) is 2.73. The molecule has 5 heteroatoms. The Kier molecular flexibility index (Phi) is 3.80. The van der Waals surface area contributed by atoms with Crippen LogP contribution in [0.1, 0.15) is 13.3 Å². The van der Waals surface area contributed by atoms with Gasteiger partial charge in [-0.2, -0.15) is 0 Å². The fraction of sp³-hybridized carbons (Fsp3) is 0.875. The highest BCUT2D eigenvalue weighted by Crippen LogP contribution is 2.20. The molecule has 0 aliphatic carbocycles. The molecule has 1 aliphatic heterocycles. The Bertz CT molecular complexity index is 160. The SMILES string of the molecule is CC1OC(OCC=O)CC(O)C1O. The molecule has 1 heterocycles. The molecule has 5 nitrogen and oxygen atoms in total. The maximum absolute atomic E-state index is 9.98. The molecule has 0 amide bonds. The van der Waals surface area contributed by atoms with Crippen LogP contribution in [0.3, 0.4) is 0 Å². The largest absolute Gasteiger partial charge is 0.390 e. The molecule has 2 N–H and O–H groups in total. The molecule has 0 spiro atoms. The average Bonchev–Trinajstić information content (AvgIpc) is 2.10. The second-order valence-corrected chi connectivity index (χ2v) is 3.06. The molecule has 1 fully saturated rings. The van der Waals surface area contributed by atoms with Crippen molar-refractivity contribution < 1.29 is 24.5 Å². The highest BCUT2D eigenvalue weighted by atomic mass is 16.7. The van der Waals surface area contributed by atoms with E-state index in [1.165, 1.54) is 0 Å². The molecule has 1 rings (SSSR count). The summed E-state index contributed by atoms with van der Waals surface area (Å²) in [4.78, 5) is 9.98. The van der Waals surface area contributed by atoms with Crippen molar-refractivity contribution in [2.45, 2.75) is 37.9 Å². The summed E-state index contributed by atoms with van der Waals surface area (Å²) < 4.78 is 10.1. The van der Waals surface area contributed by atoms with Gasteiger partial charge in [-0.05, 0) is 6.92 Å². The van der Waals surface area contributed by atoms with Crippen LogP contribution in [-0.4, -0.2) is 47.7 Å². The van der Waals surface area contributed by atoms with E-state index in [1.54, 1.807) is 6.92 Å². The monoisotopic (exact) mass is 190 g/mol. The van der Waals surface area contributed by atoms with Gasteiger partial charge in [0.05, 0.1) is 12.2 Å². The smallest absolute Gasteiger partial charge is 0.161 e. The van der Waals surface area contributed by atoms with Gasteiger partial charge < -0.3 is 24.5 Å². The van der Waals surface area contributed by atoms with Gasteiger partial charge in [-0.15, -0.1) is 0 Å². The summed E-state index contributed by atoms with van der Waals surface area (Å²) in [5, 5.41) is 18.6. The van der Waals surface area contributed by atoms with E-state index >= 15 is 0 Å². The van der Waals surface area contributed by atoms with Gasteiger partial charge in [0.25, 0.3) is 0 Å². The molecule has 4 atom stereocenters. The van der Waals surface area contributed by atoms with Crippen molar-refractivity contribution >= 4 is 6.29 Å². The molecule has 0 aromatic rings. The first-order valence-corrected chi connectivity index (χ1v) is 4.22.